The van der Waals surface area contributed by atoms with Crippen molar-refractivity contribution in [3.63, 3.8) is 0 Å². The fourth-order valence-corrected chi connectivity index (χ4v) is 2.74. The lowest BCUT2D eigenvalue weighted by Crippen LogP contribution is -2.35. The van der Waals surface area contributed by atoms with Gasteiger partial charge in [0.05, 0.1) is 11.6 Å². The second kappa shape index (κ2) is 5.29. The first-order chi connectivity index (χ1) is 9.81. The van der Waals surface area contributed by atoms with E-state index in [-0.39, 0.29) is 6.04 Å². The fraction of sp³-hybridized carbons (Fsp3) is 0.429. The molecule has 1 fully saturated rings. The minimum absolute atomic E-state index is 0.118. The van der Waals surface area contributed by atoms with Crippen molar-refractivity contribution in [2.45, 2.75) is 32.2 Å². The molecule has 0 radical (unpaired) electrons. The largest absolute Gasteiger partial charge is 0.345 e. The van der Waals surface area contributed by atoms with Gasteiger partial charge in [-0.2, -0.15) is 10.4 Å². The lowest BCUT2D eigenvalue weighted by atomic mass is 10.00. The zero-order chi connectivity index (χ0) is 13.9. The molecule has 6 heteroatoms. The number of hydrogen-bond donors (Lipinski definition) is 1. The first-order valence-electron chi connectivity index (χ1n) is 6.79. The zero-order valence-electron chi connectivity index (χ0n) is 11.4. The van der Waals surface area contributed by atoms with Crippen LogP contribution in [0.2, 0.25) is 0 Å². The van der Waals surface area contributed by atoms with E-state index in [9.17, 15) is 5.26 Å². The van der Waals surface area contributed by atoms with Gasteiger partial charge in [0.1, 0.15) is 24.0 Å². The van der Waals surface area contributed by atoms with Gasteiger partial charge in [0.15, 0.2) is 0 Å². The SMILES string of the molecule is Cc1ccnc(N2CCCCC2c2ncn[nH]2)c1C#N. The Balaban J connectivity index is 2.03. The summed E-state index contributed by atoms with van der Waals surface area (Å²) < 4.78 is 0. The van der Waals surface area contributed by atoms with Gasteiger partial charge in [0, 0.05) is 12.7 Å². The average Bonchev–Trinajstić information content (AvgIpc) is 3.01. The molecule has 1 N–H and O–H groups in total. The maximum absolute atomic E-state index is 9.39. The monoisotopic (exact) mass is 268 g/mol. The van der Waals surface area contributed by atoms with Gasteiger partial charge in [-0.25, -0.2) is 9.97 Å². The third-order valence-electron chi connectivity index (χ3n) is 3.78. The van der Waals surface area contributed by atoms with E-state index in [1.165, 1.54) is 6.33 Å². The lowest BCUT2D eigenvalue weighted by molar-refractivity contribution is 0.453. The Morgan fingerprint density at radius 1 is 1.40 bits per heavy atom. The Kier molecular flexibility index (Phi) is 3.33. The summed E-state index contributed by atoms with van der Waals surface area (Å²) in [6.07, 6.45) is 6.53. The van der Waals surface area contributed by atoms with E-state index in [1.54, 1.807) is 6.20 Å². The molecular formula is C14H16N6. The van der Waals surface area contributed by atoms with Gasteiger partial charge in [-0.05, 0) is 37.8 Å². The summed E-state index contributed by atoms with van der Waals surface area (Å²) in [6, 6.07) is 4.27. The summed E-state index contributed by atoms with van der Waals surface area (Å²) in [5.41, 5.74) is 1.61. The third-order valence-corrected chi connectivity index (χ3v) is 3.78. The number of aryl methyl sites for hydroxylation is 1. The van der Waals surface area contributed by atoms with Crippen LogP contribution in [0.25, 0.3) is 0 Å². The molecule has 6 nitrogen and oxygen atoms in total. The number of anilines is 1. The Morgan fingerprint density at radius 3 is 3.05 bits per heavy atom. The number of H-pyrrole nitrogens is 1. The first kappa shape index (κ1) is 12.6. The van der Waals surface area contributed by atoms with Crippen LogP contribution in [-0.4, -0.2) is 26.7 Å². The molecule has 3 rings (SSSR count). The molecule has 0 aliphatic carbocycles. The third kappa shape index (κ3) is 2.11. The molecule has 0 spiro atoms. The summed E-state index contributed by atoms with van der Waals surface area (Å²) in [4.78, 5) is 10.9. The number of nitrogens with zero attached hydrogens (tertiary/aromatic N) is 5. The van der Waals surface area contributed by atoms with Crippen molar-refractivity contribution >= 4 is 5.82 Å². The average molecular weight is 268 g/mol. The van der Waals surface area contributed by atoms with E-state index < -0.39 is 0 Å². The highest BCUT2D eigenvalue weighted by molar-refractivity contribution is 5.58. The van der Waals surface area contributed by atoms with Gasteiger partial charge < -0.3 is 4.90 Å². The quantitative estimate of drug-likeness (QED) is 0.902. The zero-order valence-corrected chi connectivity index (χ0v) is 11.4. The fourth-order valence-electron chi connectivity index (χ4n) is 2.74. The highest BCUT2D eigenvalue weighted by Gasteiger charge is 2.29. The smallest absolute Gasteiger partial charge is 0.147 e. The van der Waals surface area contributed by atoms with Gasteiger partial charge in [-0.1, -0.05) is 0 Å². The van der Waals surface area contributed by atoms with Crippen LogP contribution in [0.5, 0.6) is 0 Å². The number of aromatic nitrogens is 4. The van der Waals surface area contributed by atoms with E-state index in [4.69, 9.17) is 0 Å². The molecule has 1 aliphatic rings. The minimum atomic E-state index is 0.118. The van der Waals surface area contributed by atoms with E-state index in [2.05, 4.69) is 31.1 Å². The number of pyridine rings is 1. The summed E-state index contributed by atoms with van der Waals surface area (Å²) in [6.45, 7) is 2.83. The topological polar surface area (TPSA) is 81.5 Å². The summed E-state index contributed by atoms with van der Waals surface area (Å²) in [5, 5.41) is 16.3. The molecular weight excluding hydrogens is 252 g/mol. The molecule has 3 heterocycles. The predicted molar refractivity (Wildman–Crippen MR) is 74.0 cm³/mol. The summed E-state index contributed by atoms with van der Waals surface area (Å²) >= 11 is 0. The molecule has 102 valence electrons. The maximum atomic E-state index is 9.39. The Bertz CT molecular complexity index is 628. The van der Waals surface area contributed by atoms with Gasteiger partial charge in [-0.3, -0.25) is 5.10 Å². The molecule has 0 aromatic carbocycles. The van der Waals surface area contributed by atoms with Gasteiger partial charge >= 0.3 is 0 Å². The van der Waals surface area contributed by atoms with Gasteiger partial charge in [-0.15, -0.1) is 0 Å². The maximum Gasteiger partial charge on any atom is 0.147 e. The standard InChI is InChI=1S/C14H16N6/c1-10-5-6-16-14(11(10)8-15)20-7-3-2-4-12(20)13-17-9-18-19-13/h5-6,9,12H,2-4,7H2,1H3,(H,17,18,19). The molecule has 1 saturated heterocycles. The van der Waals surface area contributed by atoms with Crippen molar-refractivity contribution in [1.82, 2.24) is 20.2 Å². The lowest BCUT2D eigenvalue weighted by Gasteiger charge is -2.35. The van der Waals surface area contributed by atoms with E-state index >= 15 is 0 Å². The molecule has 0 amide bonds. The van der Waals surface area contributed by atoms with Crippen LogP contribution < -0.4 is 4.90 Å². The molecule has 20 heavy (non-hydrogen) atoms. The van der Waals surface area contributed by atoms with E-state index in [1.807, 2.05) is 13.0 Å². The molecule has 2 aromatic heterocycles. The van der Waals surface area contributed by atoms with Crippen LogP contribution in [0.15, 0.2) is 18.6 Å². The summed E-state index contributed by atoms with van der Waals surface area (Å²) in [5.74, 6) is 1.60. The van der Waals surface area contributed by atoms with Crippen LogP contribution in [0.1, 0.15) is 42.3 Å². The first-order valence-corrected chi connectivity index (χ1v) is 6.79. The molecule has 0 saturated carbocycles. The molecule has 1 unspecified atom stereocenters. The Labute approximate surface area is 117 Å². The van der Waals surface area contributed by atoms with Crippen LogP contribution in [0.3, 0.4) is 0 Å². The second-order valence-electron chi connectivity index (χ2n) is 5.01. The molecule has 1 atom stereocenters. The van der Waals surface area contributed by atoms with Crippen molar-refractivity contribution in [3.8, 4) is 6.07 Å². The van der Waals surface area contributed by atoms with Gasteiger partial charge in [0.25, 0.3) is 0 Å². The van der Waals surface area contributed by atoms with E-state index in [0.717, 1.165) is 43.0 Å². The second-order valence-corrected chi connectivity index (χ2v) is 5.01. The highest BCUT2D eigenvalue weighted by atomic mass is 15.3. The Hall–Kier alpha value is -2.42. The minimum Gasteiger partial charge on any atom is -0.345 e. The van der Waals surface area contributed by atoms with Crippen LogP contribution in [0, 0.1) is 18.3 Å². The summed E-state index contributed by atoms with van der Waals surface area (Å²) in [7, 11) is 0. The van der Waals surface area contributed by atoms with Crippen LogP contribution in [-0.2, 0) is 0 Å². The Morgan fingerprint density at radius 2 is 2.30 bits per heavy atom. The van der Waals surface area contributed by atoms with Crippen molar-refractivity contribution in [3.05, 3.63) is 35.5 Å². The van der Waals surface area contributed by atoms with Crippen LogP contribution in [0.4, 0.5) is 5.82 Å². The molecule has 2 aromatic rings. The predicted octanol–water partition coefficient (Wildman–Crippen LogP) is 2.11. The highest BCUT2D eigenvalue weighted by Crippen LogP contribution is 2.34. The number of nitrogens with one attached hydrogen (secondary N) is 1. The number of nitriles is 1. The van der Waals surface area contributed by atoms with Gasteiger partial charge in [0.2, 0.25) is 0 Å². The van der Waals surface area contributed by atoms with Crippen molar-refractivity contribution in [1.29, 1.82) is 5.26 Å². The number of aromatic amines is 1. The van der Waals surface area contributed by atoms with Crippen molar-refractivity contribution in [2.24, 2.45) is 0 Å². The van der Waals surface area contributed by atoms with Crippen molar-refractivity contribution < 1.29 is 0 Å². The number of piperidine rings is 1. The normalized spacial score (nSPS) is 18.8. The number of hydrogen-bond acceptors (Lipinski definition) is 5. The van der Waals surface area contributed by atoms with Crippen LogP contribution >= 0.6 is 0 Å². The molecule has 1 aliphatic heterocycles. The van der Waals surface area contributed by atoms with Crippen molar-refractivity contribution in [2.75, 3.05) is 11.4 Å². The molecule has 0 bridgehead atoms. The van der Waals surface area contributed by atoms with E-state index in [0.29, 0.717) is 5.56 Å². The number of rotatable bonds is 2.